The highest BCUT2D eigenvalue weighted by Gasteiger charge is 2.42. The summed E-state index contributed by atoms with van der Waals surface area (Å²) in [6.07, 6.45) is 9.53. The van der Waals surface area contributed by atoms with Crippen LogP contribution in [0.25, 0.3) is 0 Å². The van der Waals surface area contributed by atoms with E-state index < -0.39 is 16.1 Å². The van der Waals surface area contributed by atoms with Crippen LogP contribution in [-0.2, 0) is 15.0 Å². The van der Waals surface area contributed by atoms with E-state index in [1.54, 1.807) is 0 Å². The molecule has 0 aromatic rings. The van der Waals surface area contributed by atoms with E-state index >= 15 is 0 Å². The zero-order chi connectivity index (χ0) is 14.5. The van der Waals surface area contributed by atoms with Crippen LogP contribution >= 0.6 is 0 Å². The Kier molecular flexibility index (Phi) is 6.00. The normalized spacial score (nSPS) is 22.9. The molecule has 1 rings (SSSR count). The minimum absolute atomic E-state index is 0.183. The van der Waals surface area contributed by atoms with Crippen LogP contribution < -0.4 is 4.72 Å². The third-order valence-electron chi connectivity index (χ3n) is 3.24. The van der Waals surface area contributed by atoms with E-state index in [2.05, 4.69) is 17.7 Å². The molecule has 0 bridgehead atoms. The van der Waals surface area contributed by atoms with Gasteiger partial charge < -0.3 is 0 Å². The Bertz CT molecular complexity index is 429. The van der Waals surface area contributed by atoms with Gasteiger partial charge in [0, 0.05) is 20.0 Å². The van der Waals surface area contributed by atoms with E-state index in [1.165, 1.54) is 33.4 Å². The maximum atomic E-state index is 11.7. The summed E-state index contributed by atoms with van der Waals surface area (Å²) >= 11 is 0. The monoisotopic (exact) mass is 288 g/mol. The van der Waals surface area contributed by atoms with Crippen molar-refractivity contribution in [2.45, 2.75) is 39.0 Å². The number of nitrogens with one attached hydrogen (secondary N) is 1. The third-order valence-corrected chi connectivity index (χ3v) is 4.67. The largest absolute Gasteiger partial charge is 0.303 e. The summed E-state index contributed by atoms with van der Waals surface area (Å²) in [4.78, 5) is 11.7. The van der Waals surface area contributed by atoms with Gasteiger partial charge in [-0.1, -0.05) is 31.9 Å². The summed E-state index contributed by atoms with van der Waals surface area (Å²) in [5.41, 5.74) is 0. The van der Waals surface area contributed by atoms with Crippen molar-refractivity contribution in [2.75, 3.05) is 14.1 Å². The van der Waals surface area contributed by atoms with Crippen molar-refractivity contribution >= 4 is 16.1 Å². The molecule has 1 aliphatic carbocycles. The Balaban J connectivity index is 2.31. The topological polar surface area (TPSA) is 66.5 Å². The molecule has 1 N–H and O–H groups in total. The summed E-state index contributed by atoms with van der Waals surface area (Å²) < 4.78 is 26.1. The quantitative estimate of drug-likeness (QED) is 0.546. The molecule has 1 amide bonds. The predicted molar refractivity (Wildman–Crippen MR) is 75.6 cm³/mol. The van der Waals surface area contributed by atoms with Crippen LogP contribution in [0, 0.1) is 11.8 Å². The Morgan fingerprint density at radius 2 is 2.05 bits per heavy atom. The molecular weight excluding hydrogens is 264 g/mol. The second-order valence-corrected chi connectivity index (χ2v) is 7.07. The lowest BCUT2D eigenvalue weighted by molar-refractivity contribution is -0.120. The van der Waals surface area contributed by atoms with Gasteiger partial charge >= 0.3 is 10.2 Å². The van der Waals surface area contributed by atoms with Gasteiger partial charge in [-0.3, -0.25) is 4.79 Å². The second-order valence-electron chi connectivity index (χ2n) is 5.18. The summed E-state index contributed by atoms with van der Waals surface area (Å²) in [6, 6.07) is 0. The average molecular weight is 288 g/mol. The van der Waals surface area contributed by atoms with Crippen LogP contribution in [0.5, 0.6) is 0 Å². The standard InChI is InChI=1S/C13H24N2O3S/c1-4-5-6-7-8-9-11-10-12(11)13(16)14-19(17,18)15(2)3/h8-9,11-12H,4-7,10H2,1-3H3,(H,14,16)/b9-8-/t11-,12+/m1/s1. The van der Waals surface area contributed by atoms with Crippen LogP contribution in [-0.4, -0.2) is 32.7 Å². The lowest BCUT2D eigenvalue weighted by Gasteiger charge is -2.11. The van der Waals surface area contributed by atoms with E-state index in [1.807, 2.05) is 6.08 Å². The van der Waals surface area contributed by atoms with Gasteiger partial charge in [0.2, 0.25) is 5.91 Å². The SMILES string of the molecule is CCCCC/C=C\[C@@H]1C[C@@H]1C(=O)NS(=O)(=O)N(C)C. The number of carbonyl (C=O) groups is 1. The lowest BCUT2D eigenvalue weighted by atomic mass is 10.2. The molecule has 0 unspecified atom stereocenters. The fourth-order valence-electron chi connectivity index (χ4n) is 1.81. The summed E-state index contributed by atoms with van der Waals surface area (Å²) in [5.74, 6) is -0.368. The Labute approximate surface area is 116 Å². The molecule has 1 saturated carbocycles. The van der Waals surface area contributed by atoms with E-state index in [4.69, 9.17) is 0 Å². The number of hydrogen-bond donors (Lipinski definition) is 1. The van der Waals surface area contributed by atoms with Crippen LogP contribution in [0.1, 0.15) is 39.0 Å². The molecule has 0 radical (unpaired) electrons. The molecule has 0 heterocycles. The summed E-state index contributed by atoms with van der Waals surface area (Å²) in [5, 5.41) is 0. The minimum atomic E-state index is -3.65. The minimum Gasteiger partial charge on any atom is -0.274 e. The molecule has 110 valence electrons. The zero-order valence-corrected chi connectivity index (χ0v) is 12.7. The molecule has 6 heteroatoms. The van der Waals surface area contributed by atoms with Crippen LogP contribution in [0.3, 0.4) is 0 Å². The summed E-state index contributed by atoms with van der Waals surface area (Å²) in [6.45, 7) is 2.16. The van der Waals surface area contributed by atoms with Crippen molar-refractivity contribution in [3.05, 3.63) is 12.2 Å². The Morgan fingerprint density at radius 1 is 1.37 bits per heavy atom. The van der Waals surface area contributed by atoms with Gasteiger partial charge in [0.25, 0.3) is 0 Å². The van der Waals surface area contributed by atoms with Gasteiger partial charge in [0.05, 0.1) is 0 Å². The van der Waals surface area contributed by atoms with E-state index in [0.717, 1.165) is 17.1 Å². The molecule has 1 aliphatic rings. The van der Waals surface area contributed by atoms with Gasteiger partial charge in [-0.25, -0.2) is 4.72 Å². The van der Waals surface area contributed by atoms with E-state index in [9.17, 15) is 13.2 Å². The average Bonchev–Trinajstić information content (AvgIpc) is 3.07. The van der Waals surface area contributed by atoms with Gasteiger partial charge in [-0.2, -0.15) is 12.7 Å². The number of amides is 1. The van der Waals surface area contributed by atoms with Crippen molar-refractivity contribution in [1.82, 2.24) is 9.03 Å². The van der Waals surface area contributed by atoms with Crippen molar-refractivity contribution in [2.24, 2.45) is 11.8 Å². The summed E-state index contributed by atoms with van der Waals surface area (Å²) in [7, 11) is -0.856. The first-order chi connectivity index (χ1) is 8.88. The number of hydrogen-bond acceptors (Lipinski definition) is 3. The van der Waals surface area contributed by atoms with Crippen molar-refractivity contribution in [1.29, 1.82) is 0 Å². The maximum Gasteiger partial charge on any atom is 0.303 e. The molecule has 0 saturated heterocycles. The first-order valence-corrected chi connectivity index (χ1v) is 8.23. The second kappa shape index (κ2) is 7.05. The number of unbranched alkanes of at least 4 members (excludes halogenated alkanes) is 3. The number of nitrogens with zero attached hydrogens (tertiary/aromatic N) is 1. The third kappa shape index (κ3) is 5.32. The highest BCUT2D eigenvalue weighted by Crippen LogP contribution is 2.40. The van der Waals surface area contributed by atoms with Crippen molar-refractivity contribution in [3.63, 3.8) is 0 Å². The van der Waals surface area contributed by atoms with Crippen molar-refractivity contribution < 1.29 is 13.2 Å². The van der Waals surface area contributed by atoms with Gasteiger partial charge in [0.15, 0.2) is 0 Å². The number of carbonyl (C=O) groups excluding carboxylic acids is 1. The molecular formula is C13H24N2O3S. The Hall–Kier alpha value is -0.880. The van der Waals surface area contributed by atoms with Crippen LogP contribution in [0.4, 0.5) is 0 Å². The van der Waals surface area contributed by atoms with Gasteiger partial charge in [-0.15, -0.1) is 0 Å². The van der Waals surface area contributed by atoms with Gasteiger partial charge in [0.1, 0.15) is 0 Å². The zero-order valence-electron chi connectivity index (χ0n) is 11.9. The Morgan fingerprint density at radius 3 is 2.63 bits per heavy atom. The molecule has 5 nitrogen and oxygen atoms in total. The van der Waals surface area contributed by atoms with Gasteiger partial charge in [-0.05, 0) is 25.2 Å². The van der Waals surface area contributed by atoms with E-state index in [-0.39, 0.29) is 11.8 Å². The van der Waals surface area contributed by atoms with E-state index in [0.29, 0.717) is 0 Å². The predicted octanol–water partition coefficient (Wildman–Crippen LogP) is 1.68. The molecule has 0 aliphatic heterocycles. The lowest BCUT2D eigenvalue weighted by Crippen LogP contribution is -2.40. The number of rotatable bonds is 8. The molecule has 0 aromatic heterocycles. The molecule has 0 spiro atoms. The highest BCUT2D eigenvalue weighted by molar-refractivity contribution is 7.87. The number of allylic oxidation sites excluding steroid dienone is 2. The first kappa shape index (κ1) is 16.2. The fraction of sp³-hybridized carbons (Fsp3) is 0.769. The molecule has 2 atom stereocenters. The molecule has 0 aromatic carbocycles. The maximum absolute atomic E-state index is 11.7. The molecule has 1 fully saturated rings. The highest BCUT2D eigenvalue weighted by atomic mass is 32.2. The fourth-order valence-corrected chi connectivity index (χ4v) is 2.39. The van der Waals surface area contributed by atoms with Crippen molar-refractivity contribution in [3.8, 4) is 0 Å². The van der Waals surface area contributed by atoms with Crippen LogP contribution in [0.15, 0.2) is 12.2 Å². The molecule has 19 heavy (non-hydrogen) atoms. The first-order valence-electron chi connectivity index (χ1n) is 6.79. The van der Waals surface area contributed by atoms with Crippen LogP contribution in [0.2, 0.25) is 0 Å². The smallest absolute Gasteiger partial charge is 0.274 e.